The number of amides is 2. The van der Waals surface area contributed by atoms with Gasteiger partial charge in [0.15, 0.2) is 0 Å². The summed E-state index contributed by atoms with van der Waals surface area (Å²) in [6.45, 7) is 2.77. The van der Waals surface area contributed by atoms with E-state index in [1.54, 1.807) is 12.3 Å². The summed E-state index contributed by atoms with van der Waals surface area (Å²) in [5.41, 5.74) is 5.22. The number of halogens is 1. The first kappa shape index (κ1) is 15.2. The van der Waals surface area contributed by atoms with Crippen LogP contribution < -0.4 is 16.4 Å². The first-order valence-corrected chi connectivity index (χ1v) is 6.43. The minimum atomic E-state index is -0.869. The molecule has 1 rings (SSSR count). The fourth-order valence-corrected chi connectivity index (χ4v) is 1.66. The molecule has 0 aliphatic heterocycles. The van der Waals surface area contributed by atoms with E-state index in [9.17, 15) is 9.59 Å². The van der Waals surface area contributed by atoms with E-state index in [1.807, 2.05) is 6.92 Å². The van der Waals surface area contributed by atoms with E-state index in [1.165, 1.54) is 0 Å². The molecule has 1 aromatic heterocycles. The summed E-state index contributed by atoms with van der Waals surface area (Å²) in [5, 5.41) is 5.60. The average Bonchev–Trinajstić information content (AvgIpc) is 2.36. The molecule has 0 aliphatic rings. The van der Waals surface area contributed by atoms with Crippen molar-refractivity contribution in [2.75, 3.05) is 25.0 Å². The van der Waals surface area contributed by atoms with E-state index in [-0.39, 0.29) is 19.1 Å². The lowest BCUT2D eigenvalue weighted by molar-refractivity contribution is 0.0937. The molecule has 1 heterocycles. The normalized spacial score (nSPS) is 9.79. The lowest BCUT2D eigenvalue weighted by Crippen LogP contribution is -2.29. The summed E-state index contributed by atoms with van der Waals surface area (Å²) in [6.07, 6.45) is 0.733. The number of pyridine rings is 1. The van der Waals surface area contributed by atoms with E-state index >= 15 is 0 Å². The number of rotatable bonds is 6. The third-order valence-electron chi connectivity index (χ3n) is 2.08. The quantitative estimate of drug-likeness (QED) is 0.677. The van der Waals surface area contributed by atoms with Crippen molar-refractivity contribution < 1.29 is 14.3 Å². The number of nitrogens with one attached hydrogen (secondary N) is 2. The second-order valence-electron chi connectivity index (χ2n) is 3.50. The van der Waals surface area contributed by atoms with Crippen LogP contribution in [0.5, 0.6) is 0 Å². The predicted molar refractivity (Wildman–Crippen MR) is 74.0 cm³/mol. The molecule has 0 radical (unpaired) electrons. The largest absolute Gasteiger partial charge is 0.448 e. The minimum absolute atomic E-state index is 0.0268. The summed E-state index contributed by atoms with van der Waals surface area (Å²) < 4.78 is 5.21. The average molecular weight is 331 g/mol. The SMILES string of the molecule is CCNc1ncc(Br)cc1C(=O)NCCOC(N)=O. The number of nitrogens with two attached hydrogens (primary N) is 1. The molecule has 0 atom stereocenters. The molecule has 19 heavy (non-hydrogen) atoms. The molecule has 7 nitrogen and oxygen atoms in total. The maximum atomic E-state index is 12.0. The highest BCUT2D eigenvalue weighted by Gasteiger charge is 2.12. The summed E-state index contributed by atoms with van der Waals surface area (Å²) in [4.78, 5) is 26.4. The number of carbonyl (C=O) groups excluding carboxylic acids is 2. The Morgan fingerprint density at radius 3 is 2.89 bits per heavy atom. The first-order valence-electron chi connectivity index (χ1n) is 5.64. The van der Waals surface area contributed by atoms with Crippen molar-refractivity contribution in [2.45, 2.75) is 6.92 Å². The van der Waals surface area contributed by atoms with Gasteiger partial charge in [0.1, 0.15) is 12.4 Å². The Morgan fingerprint density at radius 2 is 2.26 bits per heavy atom. The first-order chi connectivity index (χ1) is 9.04. The van der Waals surface area contributed by atoms with Gasteiger partial charge in [-0.1, -0.05) is 0 Å². The number of aromatic nitrogens is 1. The van der Waals surface area contributed by atoms with Crippen molar-refractivity contribution in [2.24, 2.45) is 5.73 Å². The van der Waals surface area contributed by atoms with Crippen molar-refractivity contribution >= 4 is 33.7 Å². The molecule has 8 heteroatoms. The highest BCUT2D eigenvalue weighted by atomic mass is 79.9. The van der Waals surface area contributed by atoms with Gasteiger partial charge in [-0.2, -0.15) is 0 Å². The molecule has 0 fully saturated rings. The fourth-order valence-electron chi connectivity index (χ4n) is 1.33. The Bertz CT molecular complexity index is 467. The van der Waals surface area contributed by atoms with Gasteiger partial charge in [-0.25, -0.2) is 9.78 Å². The van der Waals surface area contributed by atoms with Crippen LogP contribution in [0.1, 0.15) is 17.3 Å². The standard InChI is InChI=1S/C11H15BrN4O3/c1-2-14-9-8(5-7(12)6-16-9)10(17)15-3-4-19-11(13)18/h5-6H,2-4H2,1H3,(H2,13,18)(H,14,16)(H,15,17). The van der Waals surface area contributed by atoms with Crippen molar-refractivity contribution in [1.29, 1.82) is 0 Å². The van der Waals surface area contributed by atoms with Crippen LogP contribution in [0.3, 0.4) is 0 Å². The Hall–Kier alpha value is -1.83. The number of hydrogen-bond acceptors (Lipinski definition) is 5. The molecule has 104 valence electrons. The van der Waals surface area contributed by atoms with Crippen LogP contribution >= 0.6 is 15.9 Å². The van der Waals surface area contributed by atoms with Crippen molar-refractivity contribution in [3.63, 3.8) is 0 Å². The zero-order valence-corrected chi connectivity index (χ0v) is 12.0. The molecular weight excluding hydrogens is 316 g/mol. The van der Waals surface area contributed by atoms with Gasteiger partial charge in [-0.3, -0.25) is 4.79 Å². The van der Waals surface area contributed by atoms with Crippen LogP contribution in [-0.2, 0) is 4.74 Å². The van der Waals surface area contributed by atoms with Crippen molar-refractivity contribution in [3.8, 4) is 0 Å². The third-order valence-corrected chi connectivity index (χ3v) is 2.51. The lowest BCUT2D eigenvalue weighted by Gasteiger charge is -2.10. The van der Waals surface area contributed by atoms with Gasteiger partial charge in [0.2, 0.25) is 0 Å². The van der Waals surface area contributed by atoms with E-state index in [0.717, 1.165) is 0 Å². The zero-order valence-electron chi connectivity index (χ0n) is 10.4. The Labute approximate surface area is 119 Å². The number of carbonyl (C=O) groups is 2. The predicted octanol–water partition coefficient (Wildman–Crippen LogP) is 1.10. The van der Waals surface area contributed by atoms with E-state index in [0.29, 0.717) is 22.4 Å². The molecule has 0 bridgehead atoms. The maximum Gasteiger partial charge on any atom is 0.404 e. The van der Waals surface area contributed by atoms with Gasteiger partial charge < -0.3 is 21.1 Å². The van der Waals surface area contributed by atoms with Crippen LogP contribution in [0.15, 0.2) is 16.7 Å². The lowest BCUT2D eigenvalue weighted by atomic mass is 10.2. The van der Waals surface area contributed by atoms with Gasteiger partial charge in [-0.05, 0) is 28.9 Å². The monoisotopic (exact) mass is 330 g/mol. The van der Waals surface area contributed by atoms with E-state index < -0.39 is 6.09 Å². The summed E-state index contributed by atoms with van der Waals surface area (Å²) in [6, 6.07) is 1.66. The van der Waals surface area contributed by atoms with Crippen LogP contribution in [0, 0.1) is 0 Å². The maximum absolute atomic E-state index is 12.0. The van der Waals surface area contributed by atoms with Crippen molar-refractivity contribution in [3.05, 3.63) is 22.3 Å². The molecule has 2 amide bonds. The van der Waals surface area contributed by atoms with Crippen LogP contribution in [0.4, 0.5) is 10.6 Å². The zero-order chi connectivity index (χ0) is 14.3. The van der Waals surface area contributed by atoms with Gasteiger partial charge in [0, 0.05) is 17.2 Å². The van der Waals surface area contributed by atoms with Gasteiger partial charge in [0.25, 0.3) is 5.91 Å². The van der Waals surface area contributed by atoms with Crippen LogP contribution in [0.2, 0.25) is 0 Å². The van der Waals surface area contributed by atoms with Crippen LogP contribution in [-0.4, -0.2) is 36.7 Å². The molecule has 0 saturated heterocycles. The number of hydrogen-bond donors (Lipinski definition) is 3. The number of nitrogens with zero attached hydrogens (tertiary/aromatic N) is 1. The summed E-state index contributed by atoms with van der Waals surface area (Å²) in [7, 11) is 0. The molecule has 0 saturated carbocycles. The van der Waals surface area contributed by atoms with Gasteiger partial charge in [-0.15, -0.1) is 0 Å². The third kappa shape index (κ3) is 5.12. The summed E-state index contributed by atoms with van der Waals surface area (Å²) >= 11 is 3.26. The van der Waals surface area contributed by atoms with Crippen LogP contribution in [0.25, 0.3) is 0 Å². The number of primary amides is 1. The molecular formula is C11H15BrN4O3. The molecule has 1 aromatic rings. The Kier molecular flexibility index (Phi) is 6.07. The molecule has 0 spiro atoms. The van der Waals surface area contributed by atoms with Gasteiger partial charge in [0.05, 0.1) is 12.1 Å². The fraction of sp³-hybridized carbons (Fsp3) is 0.364. The summed E-state index contributed by atoms with van der Waals surface area (Å²) in [5.74, 6) is 0.192. The highest BCUT2D eigenvalue weighted by Crippen LogP contribution is 2.17. The van der Waals surface area contributed by atoms with Crippen molar-refractivity contribution in [1.82, 2.24) is 10.3 Å². The molecule has 0 aromatic carbocycles. The number of anilines is 1. The van der Waals surface area contributed by atoms with Gasteiger partial charge >= 0.3 is 6.09 Å². The smallest absolute Gasteiger partial charge is 0.404 e. The Morgan fingerprint density at radius 1 is 1.53 bits per heavy atom. The van der Waals surface area contributed by atoms with E-state index in [4.69, 9.17) is 5.73 Å². The Balaban J connectivity index is 2.64. The molecule has 4 N–H and O–H groups in total. The second kappa shape index (κ2) is 7.57. The highest BCUT2D eigenvalue weighted by molar-refractivity contribution is 9.10. The minimum Gasteiger partial charge on any atom is -0.448 e. The second-order valence-corrected chi connectivity index (χ2v) is 4.42. The molecule has 0 unspecified atom stereocenters. The topological polar surface area (TPSA) is 106 Å². The number of ether oxygens (including phenoxy) is 1. The van der Waals surface area contributed by atoms with E-state index in [2.05, 4.69) is 36.3 Å². The molecule has 0 aliphatic carbocycles.